The van der Waals surface area contributed by atoms with Gasteiger partial charge in [-0.3, -0.25) is 4.90 Å². The molecule has 1 aromatic carbocycles. The molecule has 0 spiro atoms. The Morgan fingerprint density at radius 1 is 1.22 bits per heavy atom. The molecule has 2 N–H and O–H groups in total. The molecule has 0 bridgehead atoms. The van der Waals surface area contributed by atoms with E-state index in [0.29, 0.717) is 5.82 Å². The van der Waals surface area contributed by atoms with Crippen LogP contribution in [0.25, 0.3) is 11.3 Å². The number of anilines is 1. The van der Waals surface area contributed by atoms with Gasteiger partial charge in [-0.25, -0.2) is 0 Å². The number of nitrogen functional groups attached to an aromatic ring is 1. The van der Waals surface area contributed by atoms with Gasteiger partial charge in [-0.15, -0.1) is 0 Å². The molecule has 0 radical (unpaired) electrons. The third kappa shape index (κ3) is 2.71. The summed E-state index contributed by atoms with van der Waals surface area (Å²) in [5, 5.41) is 3.74. The van der Waals surface area contributed by atoms with E-state index in [-0.39, 0.29) is 0 Å². The summed E-state index contributed by atoms with van der Waals surface area (Å²) in [4.78, 5) is 2.36. The largest absolute Gasteiger partial charge is 0.381 e. The Kier molecular flexibility index (Phi) is 3.99. The molecule has 0 aliphatic heterocycles. The van der Waals surface area contributed by atoms with Gasteiger partial charge in [0.1, 0.15) is 0 Å². The highest BCUT2D eigenvalue weighted by molar-refractivity contribution is 5.64. The smallest absolute Gasteiger partial charge is 0.169 e. The Bertz CT molecular complexity index is 503. The Balaban J connectivity index is 2.31. The first-order chi connectivity index (χ1) is 8.74. The maximum absolute atomic E-state index is 5.60. The van der Waals surface area contributed by atoms with Crippen molar-refractivity contribution < 1.29 is 4.52 Å². The molecule has 0 aliphatic rings. The van der Waals surface area contributed by atoms with Gasteiger partial charge < -0.3 is 10.3 Å². The van der Waals surface area contributed by atoms with E-state index in [9.17, 15) is 0 Å². The first-order valence-electron chi connectivity index (χ1n) is 6.27. The number of rotatable bonds is 5. The molecule has 4 nitrogen and oxygen atoms in total. The highest BCUT2D eigenvalue weighted by Gasteiger charge is 2.11. The van der Waals surface area contributed by atoms with Crippen LogP contribution in [0, 0.1) is 0 Å². The summed E-state index contributed by atoms with van der Waals surface area (Å²) < 4.78 is 5.25. The van der Waals surface area contributed by atoms with Gasteiger partial charge in [0.2, 0.25) is 0 Å². The summed E-state index contributed by atoms with van der Waals surface area (Å²) in [7, 11) is 0. The zero-order chi connectivity index (χ0) is 13.0. The Morgan fingerprint density at radius 2 is 1.94 bits per heavy atom. The van der Waals surface area contributed by atoms with Gasteiger partial charge in [0.15, 0.2) is 11.6 Å². The second-order valence-corrected chi connectivity index (χ2v) is 4.23. The van der Waals surface area contributed by atoms with E-state index in [1.807, 2.05) is 18.2 Å². The lowest BCUT2D eigenvalue weighted by molar-refractivity contribution is 0.296. The zero-order valence-electron chi connectivity index (χ0n) is 10.9. The van der Waals surface area contributed by atoms with Crippen molar-refractivity contribution in [3.05, 3.63) is 35.9 Å². The molecule has 0 aliphatic carbocycles. The van der Waals surface area contributed by atoms with Gasteiger partial charge in [-0.05, 0) is 18.7 Å². The number of hydrogen-bond donors (Lipinski definition) is 1. The third-order valence-corrected chi connectivity index (χ3v) is 3.10. The maximum atomic E-state index is 5.60. The average molecular weight is 245 g/mol. The Labute approximate surface area is 107 Å². The maximum Gasteiger partial charge on any atom is 0.169 e. The van der Waals surface area contributed by atoms with Gasteiger partial charge in [0, 0.05) is 18.2 Å². The van der Waals surface area contributed by atoms with Crippen LogP contribution in [0.15, 0.2) is 34.9 Å². The standard InChI is InChI=1S/C14H19N3O/c1-3-17(4-2)10-11-7-5-6-8-12(11)13-9-14(15)16-18-13/h5-9H,3-4,10H2,1-2H3,(H2,15,16). The minimum atomic E-state index is 0.419. The highest BCUT2D eigenvalue weighted by atomic mass is 16.5. The second kappa shape index (κ2) is 5.69. The zero-order valence-corrected chi connectivity index (χ0v) is 10.9. The summed E-state index contributed by atoms with van der Waals surface area (Å²) in [6, 6.07) is 9.97. The molecule has 0 unspecified atom stereocenters. The van der Waals surface area contributed by atoms with Crippen LogP contribution in [0.1, 0.15) is 19.4 Å². The molecule has 4 heteroatoms. The number of hydrogen-bond acceptors (Lipinski definition) is 4. The molecular weight excluding hydrogens is 226 g/mol. The van der Waals surface area contributed by atoms with Gasteiger partial charge in [0.25, 0.3) is 0 Å². The highest BCUT2D eigenvalue weighted by Crippen LogP contribution is 2.26. The Hall–Kier alpha value is -1.81. The van der Waals surface area contributed by atoms with E-state index >= 15 is 0 Å². The van der Waals surface area contributed by atoms with Gasteiger partial charge in [-0.2, -0.15) is 0 Å². The van der Waals surface area contributed by atoms with Crippen molar-refractivity contribution in [2.24, 2.45) is 0 Å². The molecule has 0 amide bonds. The summed E-state index contributed by atoms with van der Waals surface area (Å²) >= 11 is 0. The summed E-state index contributed by atoms with van der Waals surface area (Å²) in [5.74, 6) is 1.15. The monoisotopic (exact) mass is 245 g/mol. The van der Waals surface area contributed by atoms with Crippen LogP contribution in [0.3, 0.4) is 0 Å². The van der Waals surface area contributed by atoms with Gasteiger partial charge in [-0.1, -0.05) is 43.3 Å². The third-order valence-electron chi connectivity index (χ3n) is 3.10. The van der Waals surface area contributed by atoms with Crippen LogP contribution < -0.4 is 5.73 Å². The predicted molar refractivity (Wildman–Crippen MR) is 73.0 cm³/mol. The lowest BCUT2D eigenvalue weighted by atomic mass is 10.0. The quantitative estimate of drug-likeness (QED) is 0.880. The van der Waals surface area contributed by atoms with Crippen molar-refractivity contribution in [3.8, 4) is 11.3 Å². The first kappa shape index (κ1) is 12.6. The van der Waals surface area contributed by atoms with Crippen molar-refractivity contribution in [1.29, 1.82) is 0 Å². The van der Waals surface area contributed by atoms with Crippen LogP contribution >= 0.6 is 0 Å². The summed E-state index contributed by atoms with van der Waals surface area (Å²) in [6.45, 7) is 7.30. The topological polar surface area (TPSA) is 55.3 Å². The van der Waals surface area contributed by atoms with Crippen molar-refractivity contribution in [3.63, 3.8) is 0 Å². The summed E-state index contributed by atoms with van der Waals surface area (Å²) in [5.41, 5.74) is 7.90. The van der Waals surface area contributed by atoms with Crippen molar-refractivity contribution in [2.75, 3.05) is 18.8 Å². The molecule has 0 saturated carbocycles. The minimum Gasteiger partial charge on any atom is -0.381 e. The van der Waals surface area contributed by atoms with Crippen molar-refractivity contribution in [2.45, 2.75) is 20.4 Å². The van der Waals surface area contributed by atoms with Crippen LogP contribution in [-0.4, -0.2) is 23.1 Å². The normalized spacial score (nSPS) is 11.1. The molecular formula is C14H19N3O. The minimum absolute atomic E-state index is 0.419. The fourth-order valence-electron chi connectivity index (χ4n) is 2.00. The molecule has 0 fully saturated rings. The van der Waals surface area contributed by atoms with Crippen molar-refractivity contribution >= 4 is 5.82 Å². The predicted octanol–water partition coefficient (Wildman–Crippen LogP) is 2.77. The van der Waals surface area contributed by atoms with Gasteiger partial charge in [0.05, 0.1) is 0 Å². The molecule has 18 heavy (non-hydrogen) atoms. The fourth-order valence-corrected chi connectivity index (χ4v) is 2.00. The van der Waals surface area contributed by atoms with Gasteiger partial charge >= 0.3 is 0 Å². The number of benzene rings is 1. The Morgan fingerprint density at radius 3 is 2.56 bits per heavy atom. The second-order valence-electron chi connectivity index (χ2n) is 4.23. The lowest BCUT2D eigenvalue weighted by Crippen LogP contribution is -2.22. The first-order valence-corrected chi connectivity index (χ1v) is 6.27. The molecule has 1 heterocycles. The van der Waals surface area contributed by atoms with Crippen LogP contribution in [0.4, 0.5) is 5.82 Å². The molecule has 2 aromatic rings. The lowest BCUT2D eigenvalue weighted by Gasteiger charge is -2.19. The van der Waals surface area contributed by atoms with E-state index in [1.165, 1.54) is 5.56 Å². The fraction of sp³-hybridized carbons (Fsp3) is 0.357. The molecule has 2 rings (SSSR count). The molecule has 0 saturated heterocycles. The SMILES string of the molecule is CCN(CC)Cc1ccccc1-c1cc(N)no1. The molecule has 0 atom stereocenters. The number of nitrogens with two attached hydrogens (primary N) is 1. The van der Waals surface area contributed by atoms with Crippen molar-refractivity contribution in [1.82, 2.24) is 10.1 Å². The van der Waals surface area contributed by atoms with Crippen LogP contribution in [0.2, 0.25) is 0 Å². The van der Waals surface area contributed by atoms with E-state index in [0.717, 1.165) is 31.0 Å². The van der Waals surface area contributed by atoms with E-state index < -0.39 is 0 Å². The number of nitrogens with zero attached hydrogens (tertiary/aromatic N) is 2. The van der Waals surface area contributed by atoms with Crippen LogP contribution in [0.5, 0.6) is 0 Å². The van der Waals surface area contributed by atoms with E-state index in [2.05, 4.69) is 30.0 Å². The summed E-state index contributed by atoms with van der Waals surface area (Å²) in [6.07, 6.45) is 0. The molecule has 96 valence electrons. The van der Waals surface area contributed by atoms with E-state index in [4.69, 9.17) is 10.3 Å². The van der Waals surface area contributed by atoms with Crippen LogP contribution in [-0.2, 0) is 6.54 Å². The number of aromatic nitrogens is 1. The van der Waals surface area contributed by atoms with E-state index in [1.54, 1.807) is 6.07 Å². The average Bonchev–Trinajstić information content (AvgIpc) is 2.83. The molecule has 1 aromatic heterocycles.